The lowest BCUT2D eigenvalue weighted by atomic mass is 10.2. The van der Waals surface area contributed by atoms with Crippen LogP contribution in [0.3, 0.4) is 0 Å². The van der Waals surface area contributed by atoms with Gasteiger partial charge < -0.3 is 14.6 Å². The van der Waals surface area contributed by atoms with Crippen LogP contribution in [-0.2, 0) is 20.8 Å². The Bertz CT molecular complexity index is 662. The molecule has 8 heteroatoms. The maximum absolute atomic E-state index is 12.5. The average Bonchev–Trinajstić information content (AvgIpc) is 2.47. The second kappa shape index (κ2) is 9.12. The van der Waals surface area contributed by atoms with Crippen LogP contribution in [0.15, 0.2) is 29.2 Å². The van der Waals surface area contributed by atoms with E-state index in [2.05, 4.69) is 0 Å². The van der Waals surface area contributed by atoms with Gasteiger partial charge in [0.1, 0.15) is 11.2 Å². The number of hydrogen-bond donors (Lipinski definition) is 1. The van der Waals surface area contributed by atoms with E-state index in [1.807, 2.05) is 0 Å². The van der Waals surface area contributed by atoms with E-state index in [0.29, 0.717) is 5.56 Å². The van der Waals surface area contributed by atoms with Gasteiger partial charge >= 0.3 is 18.2 Å². The van der Waals surface area contributed by atoms with Gasteiger partial charge in [-0.2, -0.15) is 0 Å². The lowest BCUT2D eigenvalue weighted by molar-refractivity contribution is -0.133. The van der Waals surface area contributed by atoms with Crippen molar-refractivity contribution in [2.24, 2.45) is 0 Å². The molecule has 0 aliphatic rings. The Labute approximate surface area is 164 Å². The molecule has 0 heterocycles. The monoisotopic (exact) mass is 397 g/mol. The lowest BCUT2D eigenvalue weighted by Crippen LogP contribution is -2.43. The second-order valence-electron chi connectivity index (χ2n) is 7.88. The van der Waals surface area contributed by atoms with Gasteiger partial charge in [-0.25, -0.2) is 14.5 Å². The number of ether oxygens (including phenoxy) is 2. The van der Waals surface area contributed by atoms with Gasteiger partial charge in [-0.05, 0) is 59.2 Å². The van der Waals surface area contributed by atoms with Crippen molar-refractivity contribution >= 4 is 29.9 Å². The van der Waals surface area contributed by atoms with E-state index in [1.54, 1.807) is 65.8 Å². The minimum atomic E-state index is -0.922. The molecule has 0 bridgehead atoms. The smallest absolute Gasteiger partial charge is 0.420 e. The first-order valence-corrected chi connectivity index (χ1v) is 9.42. The Hall–Kier alpha value is -2.22. The molecule has 0 radical (unpaired) electrons. The molecule has 0 atom stereocenters. The number of nitrogens with zero attached hydrogens (tertiary/aromatic N) is 1. The van der Waals surface area contributed by atoms with Crippen LogP contribution in [0.4, 0.5) is 9.59 Å². The number of carboxylic acids is 1. The molecule has 0 saturated carbocycles. The Morgan fingerprint density at radius 3 is 1.96 bits per heavy atom. The van der Waals surface area contributed by atoms with Crippen LogP contribution < -0.4 is 0 Å². The molecule has 2 amide bonds. The maximum Gasteiger partial charge on any atom is 0.420 e. The Kier molecular flexibility index (Phi) is 7.71. The molecule has 1 aromatic carbocycles. The molecule has 0 unspecified atom stereocenters. The summed E-state index contributed by atoms with van der Waals surface area (Å²) in [5.74, 6) is -1.000. The quantitative estimate of drug-likeness (QED) is 0.729. The number of imide groups is 1. The first kappa shape index (κ1) is 22.8. The number of carbonyl (C=O) groups is 3. The largest absolute Gasteiger partial charge is 0.481 e. The van der Waals surface area contributed by atoms with Crippen molar-refractivity contribution in [2.75, 3.05) is 5.75 Å². The van der Waals surface area contributed by atoms with E-state index in [4.69, 9.17) is 14.6 Å². The van der Waals surface area contributed by atoms with Crippen LogP contribution in [-0.4, -0.2) is 45.1 Å². The molecule has 1 N–H and O–H groups in total. The summed E-state index contributed by atoms with van der Waals surface area (Å²) < 4.78 is 10.6. The van der Waals surface area contributed by atoms with Crippen LogP contribution in [0.5, 0.6) is 0 Å². The fourth-order valence-electron chi connectivity index (χ4n) is 1.90. The minimum absolute atomic E-state index is 0.0503. The van der Waals surface area contributed by atoms with Gasteiger partial charge in [-0.3, -0.25) is 4.79 Å². The predicted octanol–water partition coefficient (Wildman–Crippen LogP) is 4.54. The van der Waals surface area contributed by atoms with Crippen molar-refractivity contribution in [3.8, 4) is 0 Å². The zero-order chi connectivity index (χ0) is 20.8. The number of thioether (sulfide) groups is 1. The maximum atomic E-state index is 12.5. The molecule has 7 nitrogen and oxygen atoms in total. The summed E-state index contributed by atoms with van der Waals surface area (Å²) in [6.45, 7) is 10.2. The van der Waals surface area contributed by atoms with E-state index in [1.165, 1.54) is 0 Å². The first-order valence-electron chi connectivity index (χ1n) is 8.44. The van der Waals surface area contributed by atoms with E-state index in [9.17, 15) is 14.4 Å². The molecular formula is C19H27NO6S. The van der Waals surface area contributed by atoms with Crippen LogP contribution in [0, 0.1) is 0 Å². The number of carbonyl (C=O) groups excluding carboxylic acids is 2. The molecule has 0 fully saturated rings. The zero-order valence-electron chi connectivity index (χ0n) is 16.6. The third kappa shape index (κ3) is 9.33. The molecule has 27 heavy (non-hydrogen) atoms. The summed E-state index contributed by atoms with van der Waals surface area (Å²) in [6, 6.07) is 6.98. The highest BCUT2D eigenvalue weighted by atomic mass is 32.2. The highest BCUT2D eigenvalue weighted by molar-refractivity contribution is 8.00. The number of carboxylic acid groups (broad SMARTS) is 1. The van der Waals surface area contributed by atoms with E-state index < -0.39 is 29.4 Å². The molecule has 0 aliphatic heterocycles. The third-order valence-electron chi connectivity index (χ3n) is 2.83. The van der Waals surface area contributed by atoms with Gasteiger partial charge in [-0.15, -0.1) is 11.8 Å². The Balaban J connectivity index is 3.02. The number of hydrogen-bond acceptors (Lipinski definition) is 6. The van der Waals surface area contributed by atoms with Crippen LogP contribution in [0.1, 0.15) is 47.1 Å². The van der Waals surface area contributed by atoms with Crippen molar-refractivity contribution in [2.45, 2.75) is 64.2 Å². The average molecular weight is 397 g/mol. The van der Waals surface area contributed by atoms with Gasteiger partial charge in [-0.1, -0.05) is 12.1 Å². The molecule has 0 aromatic heterocycles. The van der Waals surface area contributed by atoms with Crippen molar-refractivity contribution in [3.63, 3.8) is 0 Å². The Morgan fingerprint density at radius 2 is 1.52 bits per heavy atom. The fourth-order valence-corrected chi connectivity index (χ4v) is 2.60. The molecule has 0 aliphatic carbocycles. The van der Waals surface area contributed by atoms with Gasteiger partial charge in [0.25, 0.3) is 0 Å². The molecular weight excluding hydrogens is 370 g/mol. The van der Waals surface area contributed by atoms with Gasteiger partial charge in [0.05, 0.1) is 12.3 Å². The topological polar surface area (TPSA) is 93.1 Å². The lowest BCUT2D eigenvalue weighted by Gasteiger charge is -2.28. The summed E-state index contributed by atoms with van der Waals surface area (Å²) in [7, 11) is 0. The molecule has 1 aromatic rings. The number of benzene rings is 1. The number of amides is 2. The summed E-state index contributed by atoms with van der Waals surface area (Å²) >= 11 is 1.16. The summed E-state index contributed by atoms with van der Waals surface area (Å²) in [6.07, 6.45) is -1.61. The van der Waals surface area contributed by atoms with E-state index >= 15 is 0 Å². The summed E-state index contributed by atoms with van der Waals surface area (Å²) in [5, 5.41) is 8.80. The molecule has 150 valence electrons. The zero-order valence-corrected chi connectivity index (χ0v) is 17.4. The van der Waals surface area contributed by atoms with E-state index in [-0.39, 0.29) is 12.3 Å². The van der Waals surface area contributed by atoms with Gasteiger partial charge in [0.2, 0.25) is 0 Å². The predicted molar refractivity (Wildman–Crippen MR) is 103 cm³/mol. The van der Waals surface area contributed by atoms with Crippen LogP contribution in [0.25, 0.3) is 0 Å². The SMILES string of the molecule is CC(C)(C)OC(=O)N(Cc1cccc(SCC(=O)O)c1)C(=O)OC(C)(C)C. The number of rotatable bonds is 5. The van der Waals surface area contributed by atoms with Crippen molar-refractivity contribution < 1.29 is 29.0 Å². The summed E-state index contributed by atoms with van der Waals surface area (Å²) in [4.78, 5) is 37.4. The Morgan fingerprint density at radius 1 is 1.00 bits per heavy atom. The molecule has 1 rings (SSSR count). The standard InChI is InChI=1S/C19H27NO6S/c1-18(2,3)25-16(23)20(17(24)26-19(4,5)6)11-13-8-7-9-14(10-13)27-12-15(21)22/h7-10H,11-12H2,1-6H3,(H,21,22). The van der Waals surface area contributed by atoms with Gasteiger partial charge in [0, 0.05) is 4.90 Å². The van der Waals surface area contributed by atoms with Crippen molar-refractivity contribution in [3.05, 3.63) is 29.8 Å². The van der Waals surface area contributed by atoms with Crippen molar-refractivity contribution in [1.29, 1.82) is 0 Å². The first-order chi connectivity index (χ1) is 12.3. The van der Waals surface area contributed by atoms with Crippen molar-refractivity contribution in [1.82, 2.24) is 4.90 Å². The highest BCUT2D eigenvalue weighted by Gasteiger charge is 2.31. The third-order valence-corrected chi connectivity index (χ3v) is 3.81. The second-order valence-corrected chi connectivity index (χ2v) is 8.93. The molecule has 0 saturated heterocycles. The van der Waals surface area contributed by atoms with Crippen LogP contribution in [0.2, 0.25) is 0 Å². The normalized spacial score (nSPS) is 11.6. The van der Waals surface area contributed by atoms with Gasteiger partial charge in [0.15, 0.2) is 0 Å². The highest BCUT2D eigenvalue weighted by Crippen LogP contribution is 2.22. The van der Waals surface area contributed by atoms with E-state index in [0.717, 1.165) is 21.6 Å². The molecule has 0 spiro atoms. The minimum Gasteiger partial charge on any atom is -0.481 e. The fraction of sp³-hybridized carbons (Fsp3) is 0.526. The van der Waals surface area contributed by atoms with Crippen LogP contribution >= 0.6 is 11.8 Å². The summed E-state index contributed by atoms with van der Waals surface area (Å²) in [5.41, 5.74) is -0.880. The number of aliphatic carboxylic acids is 1.